The van der Waals surface area contributed by atoms with E-state index in [0.717, 1.165) is 13.1 Å². The Kier molecular flexibility index (Phi) is 14.4. The third-order valence-electron chi connectivity index (χ3n) is 6.77. The number of aromatic nitrogens is 4. The number of benzene rings is 2. The Hall–Kier alpha value is -2.44. The predicted octanol–water partition coefficient (Wildman–Crippen LogP) is 1.18. The highest BCUT2D eigenvalue weighted by Gasteiger charge is 2.07. The van der Waals surface area contributed by atoms with Gasteiger partial charge in [0.25, 0.3) is 0 Å². The summed E-state index contributed by atoms with van der Waals surface area (Å²) < 4.78 is 8.96. The molecule has 6 heteroatoms. The highest BCUT2D eigenvalue weighted by molar-refractivity contribution is 5.70. The van der Waals surface area contributed by atoms with Gasteiger partial charge in [-0.3, -0.25) is 0 Å². The Morgan fingerprint density at radius 2 is 0.947 bits per heavy atom. The van der Waals surface area contributed by atoms with Crippen LogP contribution in [-0.2, 0) is 13.1 Å². The van der Waals surface area contributed by atoms with E-state index in [1.165, 1.54) is 73.9 Å². The first-order chi connectivity index (χ1) is 17.7. The molecule has 204 valence electrons. The molecule has 0 N–H and O–H groups in total. The van der Waals surface area contributed by atoms with E-state index in [-0.39, 0.29) is 34.0 Å². The number of hydrogen-bond acceptors (Lipinski definition) is 0. The molecule has 0 unspecified atom stereocenters. The molecule has 0 spiro atoms. The van der Waals surface area contributed by atoms with Gasteiger partial charge in [0.2, 0.25) is 12.7 Å². The summed E-state index contributed by atoms with van der Waals surface area (Å²) in [5.41, 5.74) is 4.80. The van der Waals surface area contributed by atoms with Crippen LogP contribution in [0.25, 0.3) is 23.5 Å². The van der Waals surface area contributed by atoms with Crippen molar-refractivity contribution in [3.05, 3.63) is 97.1 Å². The van der Waals surface area contributed by atoms with Gasteiger partial charge in [0.15, 0.2) is 0 Å². The lowest BCUT2D eigenvalue weighted by atomic mass is 10.1. The predicted molar refractivity (Wildman–Crippen MR) is 149 cm³/mol. The van der Waals surface area contributed by atoms with E-state index >= 15 is 0 Å². The molecule has 0 bridgehead atoms. The van der Waals surface area contributed by atoms with Gasteiger partial charge in [0.1, 0.15) is 36.2 Å². The molecular formula is C32H42Br2N4. The van der Waals surface area contributed by atoms with Crippen LogP contribution in [0.3, 0.4) is 0 Å². The number of nitrogens with zero attached hydrogens (tertiary/aromatic N) is 4. The maximum atomic E-state index is 2.29. The van der Waals surface area contributed by atoms with Crippen molar-refractivity contribution in [3.8, 4) is 11.4 Å². The number of rotatable bonds is 14. The van der Waals surface area contributed by atoms with Crippen LogP contribution in [0.4, 0.5) is 0 Å². The second-order valence-corrected chi connectivity index (χ2v) is 9.76. The van der Waals surface area contributed by atoms with Crippen molar-refractivity contribution in [3.63, 3.8) is 0 Å². The van der Waals surface area contributed by atoms with E-state index in [1.54, 1.807) is 0 Å². The fourth-order valence-corrected chi connectivity index (χ4v) is 4.51. The Labute approximate surface area is 250 Å². The van der Waals surface area contributed by atoms with E-state index in [1.807, 2.05) is 0 Å². The second-order valence-electron chi connectivity index (χ2n) is 9.76. The summed E-state index contributed by atoms with van der Waals surface area (Å²) >= 11 is 0. The van der Waals surface area contributed by atoms with Crippen LogP contribution in [0.15, 0.2) is 86.0 Å². The van der Waals surface area contributed by atoms with Gasteiger partial charge >= 0.3 is 0 Å². The molecule has 0 saturated carbocycles. The van der Waals surface area contributed by atoms with E-state index in [0.29, 0.717) is 0 Å². The Balaban J connectivity index is 0.00000253. The molecule has 0 amide bonds. The van der Waals surface area contributed by atoms with Crippen LogP contribution in [0.1, 0.15) is 76.3 Å². The average Bonchev–Trinajstić information content (AvgIpc) is 3.59. The minimum atomic E-state index is 0. The first-order valence-electron chi connectivity index (χ1n) is 13.8. The molecule has 0 saturated heterocycles. The van der Waals surface area contributed by atoms with Gasteiger partial charge in [-0.1, -0.05) is 75.9 Å². The van der Waals surface area contributed by atoms with E-state index in [2.05, 4.69) is 130 Å². The lowest BCUT2D eigenvalue weighted by molar-refractivity contribution is -0.696. The number of imidazole rings is 2. The molecule has 0 fully saturated rings. The fraction of sp³-hybridized carbons (Fsp3) is 0.375. The van der Waals surface area contributed by atoms with E-state index in [4.69, 9.17) is 0 Å². The zero-order valence-electron chi connectivity index (χ0n) is 22.9. The van der Waals surface area contributed by atoms with Gasteiger partial charge in [-0.05, 0) is 61.1 Å². The molecule has 4 aromatic rings. The summed E-state index contributed by atoms with van der Waals surface area (Å²) in [6.07, 6.45) is 27.7. The van der Waals surface area contributed by atoms with Gasteiger partial charge in [-0.2, -0.15) is 0 Å². The van der Waals surface area contributed by atoms with Crippen molar-refractivity contribution in [1.29, 1.82) is 0 Å². The first kappa shape index (κ1) is 31.8. The molecule has 0 aliphatic rings. The van der Waals surface area contributed by atoms with Gasteiger partial charge in [0.05, 0.1) is 13.1 Å². The van der Waals surface area contributed by atoms with Crippen molar-refractivity contribution in [1.82, 2.24) is 9.13 Å². The molecular weight excluding hydrogens is 600 g/mol. The number of unbranched alkanes of at least 4 members (excludes halogenated alkanes) is 6. The van der Waals surface area contributed by atoms with Crippen LogP contribution in [0.5, 0.6) is 0 Å². The average molecular weight is 643 g/mol. The van der Waals surface area contributed by atoms with Crippen molar-refractivity contribution in [2.45, 2.75) is 78.3 Å². The SMILES string of the molecule is CCCCCC[n+]1ccn(-c2ccc(/C=C/c3ccc(-n4cc[n+](CCCCCC)c4)cc3)cc2)c1.[Br-].[Br-]. The molecule has 2 aromatic heterocycles. The molecule has 4 rings (SSSR count). The fourth-order valence-electron chi connectivity index (χ4n) is 4.51. The van der Waals surface area contributed by atoms with Gasteiger partial charge in [0, 0.05) is 0 Å². The van der Waals surface area contributed by atoms with Crippen molar-refractivity contribution in [2.24, 2.45) is 0 Å². The normalized spacial score (nSPS) is 10.9. The zero-order valence-corrected chi connectivity index (χ0v) is 26.0. The van der Waals surface area contributed by atoms with Crippen LogP contribution in [0, 0.1) is 0 Å². The third-order valence-corrected chi connectivity index (χ3v) is 6.77. The maximum absolute atomic E-state index is 2.29. The van der Waals surface area contributed by atoms with Crippen molar-refractivity contribution < 1.29 is 43.1 Å². The number of aryl methyl sites for hydroxylation is 2. The molecule has 0 atom stereocenters. The van der Waals surface area contributed by atoms with Crippen molar-refractivity contribution in [2.75, 3.05) is 0 Å². The summed E-state index contributed by atoms with van der Waals surface area (Å²) in [5, 5.41) is 0. The molecule has 4 nitrogen and oxygen atoms in total. The molecule has 2 aromatic carbocycles. The van der Waals surface area contributed by atoms with Crippen molar-refractivity contribution >= 4 is 12.2 Å². The van der Waals surface area contributed by atoms with Gasteiger partial charge < -0.3 is 34.0 Å². The van der Waals surface area contributed by atoms with Gasteiger partial charge in [-0.15, -0.1) is 0 Å². The maximum Gasteiger partial charge on any atom is 0.248 e. The quantitative estimate of drug-likeness (QED) is 0.112. The Morgan fingerprint density at radius 1 is 0.553 bits per heavy atom. The monoisotopic (exact) mass is 640 g/mol. The minimum Gasteiger partial charge on any atom is -1.00 e. The van der Waals surface area contributed by atoms with Crippen LogP contribution in [0.2, 0.25) is 0 Å². The van der Waals surface area contributed by atoms with E-state index < -0.39 is 0 Å². The molecule has 0 radical (unpaired) electrons. The largest absolute Gasteiger partial charge is 1.00 e. The first-order valence-corrected chi connectivity index (χ1v) is 13.8. The highest BCUT2D eigenvalue weighted by Crippen LogP contribution is 2.14. The minimum absolute atomic E-state index is 0. The molecule has 38 heavy (non-hydrogen) atoms. The molecule has 0 aliphatic heterocycles. The number of hydrogen-bond donors (Lipinski definition) is 0. The summed E-state index contributed by atoms with van der Waals surface area (Å²) in [6, 6.07) is 17.5. The summed E-state index contributed by atoms with van der Waals surface area (Å²) in [7, 11) is 0. The third kappa shape index (κ3) is 9.70. The molecule has 0 aliphatic carbocycles. The summed E-state index contributed by atoms with van der Waals surface area (Å²) in [4.78, 5) is 0. The summed E-state index contributed by atoms with van der Waals surface area (Å²) in [6.45, 7) is 6.70. The second kappa shape index (κ2) is 17.2. The topological polar surface area (TPSA) is 17.6 Å². The standard InChI is InChI=1S/C32H42N4.2BrH/c1-3-5-7-9-21-33-23-25-35(27-33)31-17-13-29(14-18-31)11-12-30-15-19-32(20-16-30)36-26-24-34(28-36)22-10-8-6-4-2;;/h11-20,23-28H,3-10,21-22H2,1-2H3;2*1H/q+2;;/p-2/b12-11+;;. The van der Waals surface area contributed by atoms with Crippen LogP contribution in [-0.4, -0.2) is 9.13 Å². The Morgan fingerprint density at radius 3 is 1.32 bits per heavy atom. The Bertz CT molecular complexity index is 1110. The van der Waals surface area contributed by atoms with E-state index in [9.17, 15) is 0 Å². The van der Waals surface area contributed by atoms with Gasteiger partial charge in [-0.25, -0.2) is 18.3 Å². The van der Waals surface area contributed by atoms with Crippen LogP contribution >= 0.6 is 0 Å². The summed E-state index contributed by atoms with van der Waals surface area (Å²) in [5.74, 6) is 0. The zero-order chi connectivity index (χ0) is 25.0. The highest BCUT2D eigenvalue weighted by atomic mass is 79.9. The molecule has 2 heterocycles. The van der Waals surface area contributed by atoms with Crippen LogP contribution < -0.4 is 43.1 Å². The lowest BCUT2D eigenvalue weighted by Crippen LogP contribution is -3.00. The number of halogens is 2. The lowest BCUT2D eigenvalue weighted by Gasteiger charge is -2.00. The smallest absolute Gasteiger partial charge is 0.248 e.